The van der Waals surface area contributed by atoms with Crippen LogP contribution in [0.25, 0.3) is 0 Å². The highest BCUT2D eigenvalue weighted by Crippen LogP contribution is 2.69. The summed E-state index contributed by atoms with van der Waals surface area (Å²) in [5.41, 5.74) is 1.08. The largest absolute Gasteiger partial charge is 0.299 e. The molecule has 4 aliphatic rings. The molecule has 3 fully saturated rings. The van der Waals surface area contributed by atoms with Crippen molar-refractivity contribution in [1.82, 2.24) is 0 Å². The Hall–Kier alpha value is 1.000. The van der Waals surface area contributed by atoms with Crippen molar-refractivity contribution in [2.24, 2.45) is 28.6 Å². The van der Waals surface area contributed by atoms with Crippen LogP contribution in [0.15, 0.2) is 10.1 Å². The summed E-state index contributed by atoms with van der Waals surface area (Å²) >= 11 is 15.1. The molecule has 0 N–H and O–H groups in total. The van der Waals surface area contributed by atoms with E-state index in [1.165, 1.54) is 5.57 Å². The fourth-order valence-electron chi connectivity index (χ4n) is 6.86. The maximum atomic E-state index is 12.7. The topological polar surface area (TPSA) is 34.1 Å². The Bertz CT molecular complexity index is 719. The quantitative estimate of drug-likeness (QED) is 0.324. The van der Waals surface area contributed by atoms with E-state index in [9.17, 15) is 9.59 Å². The van der Waals surface area contributed by atoms with E-state index < -0.39 is 0 Å². The second-order valence-electron chi connectivity index (χ2n) is 9.24. The molecule has 0 aromatic heterocycles. The smallest absolute Gasteiger partial charge is 0.183 e. The molecule has 0 amide bonds. The van der Waals surface area contributed by atoms with Crippen molar-refractivity contribution in [1.29, 1.82) is 0 Å². The Labute approximate surface area is 189 Å². The van der Waals surface area contributed by atoms with Gasteiger partial charge in [0.25, 0.3) is 0 Å². The third-order valence-electron chi connectivity index (χ3n) is 8.08. The van der Waals surface area contributed by atoms with Gasteiger partial charge in [-0.1, -0.05) is 61.6 Å². The summed E-state index contributed by atoms with van der Waals surface area (Å²) in [4.78, 5) is 25.3. The third kappa shape index (κ3) is 2.56. The summed E-state index contributed by atoms with van der Waals surface area (Å²) in [7, 11) is 0. The highest BCUT2D eigenvalue weighted by molar-refractivity contribution is 9.13. The second kappa shape index (κ2) is 6.50. The summed E-state index contributed by atoms with van der Waals surface area (Å²) in [5.74, 6) is 2.18. The van der Waals surface area contributed by atoms with E-state index in [1.54, 1.807) is 0 Å². The van der Waals surface area contributed by atoms with Crippen LogP contribution in [0.1, 0.15) is 52.4 Å². The lowest BCUT2D eigenvalue weighted by atomic mass is 9.45. The minimum Gasteiger partial charge on any atom is -0.299 e. The molecule has 26 heavy (non-hydrogen) atoms. The zero-order valence-electron chi connectivity index (χ0n) is 15.1. The molecular weight excluding hydrogens is 592 g/mol. The van der Waals surface area contributed by atoms with Crippen molar-refractivity contribution in [3.63, 3.8) is 0 Å². The van der Waals surface area contributed by atoms with Gasteiger partial charge < -0.3 is 0 Å². The van der Waals surface area contributed by atoms with Gasteiger partial charge in [0, 0.05) is 17.2 Å². The number of hydrogen-bond acceptors (Lipinski definition) is 2. The van der Waals surface area contributed by atoms with E-state index in [1.807, 2.05) is 0 Å². The van der Waals surface area contributed by atoms with Crippen molar-refractivity contribution in [3.8, 4) is 0 Å². The lowest BCUT2D eigenvalue weighted by Gasteiger charge is -2.61. The van der Waals surface area contributed by atoms with Gasteiger partial charge >= 0.3 is 0 Å². The SMILES string of the molecule is C[C@]12CC(Br)C(=O)C(Br)=C1C(Br)(CBr)C[C@@H]1[C@H]2CC[C@]2(C)C(=O)CC[C@@H]12. The number of rotatable bonds is 1. The molecule has 0 aromatic carbocycles. The van der Waals surface area contributed by atoms with Crippen molar-refractivity contribution in [2.45, 2.75) is 61.5 Å². The molecule has 0 spiro atoms. The first kappa shape index (κ1) is 20.3. The van der Waals surface area contributed by atoms with Crippen LogP contribution < -0.4 is 0 Å². The number of fused-ring (bicyclic) bond motifs is 5. The van der Waals surface area contributed by atoms with Gasteiger partial charge in [-0.3, -0.25) is 9.59 Å². The predicted octanol–water partition coefficient (Wildman–Crippen LogP) is 6.32. The first-order chi connectivity index (χ1) is 12.1. The first-order valence-corrected chi connectivity index (χ1v) is 13.1. The Balaban J connectivity index is 1.86. The molecule has 0 aliphatic heterocycles. The standard InChI is InChI=1S/C20H24Br4O2/c1-18-6-5-12-10(11(18)3-4-14(18)25)7-20(24,9-21)17-15(23)16(26)13(22)8-19(12,17)2/h10-13H,3-9H2,1-2H3/t10-,11-,12+,13?,18-,19+,20?/m0/s1. The van der Waals surface area contributed by atoms with Crippen LogP contribution in [0.2, 0.25) is 0 Å². The number of halogens is 4. The molecule has 144 valence electrons. The maximum Gasteiger partial charge on any atom is 0.183 e. The molecule has 0 aromatic rings. The summed E-state index contributed by atoms with van der Waals surface area (Å²) in [5, 5.41) is 0.779. The van der Waals surface area contributed by atoms with Crippen molar-refractivity contribution in [2.75, 3.05) is 5.33 Å². The van der Waals surface area contributed by atoms with Gasteiger partial charge in [0.2, 0.25) is 0 Å². The highest BCUT2D eigenvalue weighted by Gasteiger charge is 2.64. The zero-order chi connectivity index (χ0) is 19.1. The van der Waals surface area contributed by atoms with Gasteiger partial charge in [0.15, 0.2) is 5.78 Å². The van der Waals surface area contributed by atoms with E-state index in [-0.39, 0.29) is 25.8 Å². The second-order valence-corrected chi connectivity index (χ2v) is 13.2. The average Bonchev–Trinajstić information content (AvgIpc) is 2.88. The van der Waals surface area contributed by atoms with E-state index in [0.717, 1.165) is 48.3 Å². The minimum atomic E-state index is -0.228. The molecule has 3 saturated carbocycles. The van der Waals surface area contributed by atoms with Crippen LogP contribution in [-0.4, -0.2) is 26.0 Å². The summed E-state index contributed by atoms with van der Waals surface area (Å²) in [6, 6.07) is 0. The molecule has 2 unspecified atom stereocenters. The molecule has 2 nitrogen and oxygen atoms in total. The molecule has 0 bridgehead atoms. The lowest BCUT2D eigenvalue weighted by molar-refractivity contribution is -0.132. The molecule has 0 saturated heterocycles. The number of allylic oxidation sites excluding steroid dienone is 1. The molecule has 4 rings (SSSR count). The predicted molar refractivity (Wildman–Crippen MR) is 119 cm³/mol. The van der Waals surface area contributed by atoms with Crippen molar-refractivity contribution < 1.29 is 9.59 Å². The normalized spacial score (nSPS) is 51.2. The minimum absolute atomic E-state index is 0.0337. The fraction of sp³-hybridized carbons (Fsp3) is 0.800. The zero-order valence-corrected chi connectivity index (χ0v) is 21.4. The third-order valence-corrected chi connectivity index (χ3v) is 12.3. The Kier molecular flexibility index (Phi) is 5.07. The number of carbonyl (C=O) groups is 2. The van der Waals surface area contributed by atoms with Crippen molar-refractivity contribution in [3.05, 3.63) is 10.1 Å². The number of alkyl halides is 3. The van der Waals surface area contributed by atoms with Gasteiger partial charge in [-0.2, -0.15) is 0 Å². The molecule has 4 aliphatic carbocycles. The molecule has 0 heterocycles. The Morgan fingerprint density at radius 2 is 1.73 bits per heavy atom. The fourth-order valence-corrected chi connectivity index (χ4v) is 11.0. The van der Waals surface area contributed by atoms with E-state index in [2.05, 4.69) is 77.6 Å². The Morgan fingerprint density at radius 3 is 2.38 bits per heavy atom. The van der Waals surface area contributed by atoms with E-state index in [4.69, 9.17) is 0 Å². The van der Waals surface area contributed by atoms with Gasteiger partial charge in [-0.25, -0.2) is 0 Å². The van der Waals surface area contributed by atoms with Gasteiger partial charge in [0.05, 0.1) is 13.6 Å². The van der Waals surface area contributed by atoms with Crippen LogP contribution in [0.4, 0.5) is 0 Å². The monoisotopic (exact) mass is 612 g/mol. The van der Waals surface area contributed by atoms with Gasteiger partial charge in [0.1, 0.15) is 5.78 Å². The molecule has 6 heteroatoms. The summed E-state index contributed by atoms with van der Waals surface area (Å²) < 4.78 is 0.535. The Morgan fingerprint density at radius 1 is 1.08 bits per heavy atom. The highest BCUT2D eigenvalue weighted by atomic mass is 79.9. The molecular formula is C20H24Br4O2. The van der Waals surface area contributed by atoms with E-state index >= 15 is 0 Å². The lowest BCUT2D eigenvalue weighted by Crippen LogP contribution is -2.58. The number of ketones is 2. The number of Topliss-reactive ketones (excluding diaryl/α,β-unsaturated/α-hetero) is 2. The summed E-state index contributed by atoms with van der Waals surface area (Å²) in [6.45, 7) is 4.58. The average molecular weight is 616 g/mol. The molecule has 0 radical (unpaired) electrons. The van der Waals surface area contributed by atoms with Crippen LogP contribution in [0, 0.1) is 28.6 Å². The first-order valence-electron chi connectivity index (χ1n) is 9.46. The van der Waals surface area contributed by atoms with Gasteiger partial charge in [-0.05, 0) is 76.8 Å². The number of hydrogen-bond donors (Lipinski definition) is 0. The van der Waals surface area contributed by atoms with E-state index in [0.29, 0.717) is 23.5 Å². The van der Waals surface area contributed by atoms with Crippen LogP contribution in [0.5, 0.6) is 0 Å². The summed E-state index contributed by atoms with van der Waals surface area (Å²) in [6.07, 6.45) is 5.71. The van der Waals surface area contributed by atoms with Crippen molar-refractivity contribution >= 4 is 75.3 Å². The van der Waals surface area contributed by atoms with Crippen LogP contribution in [0.3, 0.4) is 0 Å². The number of carbonyl (C=O) groups excluding carboxylic acids is 2. The van der Waals surface area contributed by atoms with Crippen LogP contribution in [-0.2, 0) is 9.59 Å². The maximum absolute atomic E-state index is 12.7. The van der Waals surface area contributed by atoms with Gasteiger partial charge in [-0.15, -0.1) is 0 Å². The van der Waals surface area contributed by atoms with Crippen LogP contribution >= 0.6 is 63.7 Å². The molecule has 7 atom stereocenters.